The lowest BCUT2D eigenvalue weighted by Crippen LogP contribution is -2.83. The van der Waals surface area contributed by atoms with Gasteiger partial charge in [0.05, 0.1) is 34.5 Å². The van der Waals surface area contributed by atoms with E-state index >= 15 is 0 Å². The third kappa shape index (κ3) is 4.21. The lowest BCUT2D eigenvalue weighted by molar-refractivity contribution is -0.337. The van der Waals surface area contributed by atoms with E-state index in [1.807, 2.05) is 6.92 Å². The number of hydrogen-bond acceptors (Lipinski definition) is 10. The molecule has 7 bridgehead atoms. The smallest absolute Gasteiger partial charge is 0.339 e. The van der Waals surface area contributed by atoms with E-state index in [2.05, 4.69) is 11.8 Å². The first-order valence-electron chi connectivity index (χ1n) is 17.7. The number of likely N-dealkylation sites (tertiary alicyclic amines) is 1. The number of ether oxygens (including phenoxy) is 4. The second-order valence-electron chi connectivity index (χ2n) is 15.7. The number of aryl methyl sites for hydroxylation is 1. The molecule has 6 aliphatic rings. The maximum absolute atomic E-state index is 14.5. The van der Waals surface area contributed by atoms with Crippen LogP contribution in [0.25, 0.3) is 0 Å². The molecule has 266 valence electrons. The molecule has 5 aliphatic carbocycles. The summed E-state index contributed by atoms with van der Waals surface area (Å²) in [6, 6.07) is 13.5. The van der Waals surface area contributed by atoms with Crippen molar-refractivity contribution in [2.24, 2.45) is 29.1 Å². The van der Waals surface area contributed by atoms with Crippen LogP contribution in [0.4, 0.5) is 0 Å². The molecule has 11 heteroatoms. The van der Waals surface area contributed by atoms with Crippen LogP contribution in [0.15, 0.2) is 53.4 Å². The quantitative estimate of drug-likeness (QED) is 0.376. The molecule has 1 spiro atoms. The standard InChI is InChI=1S/C38H49NO9S/c1-6-39-21-35(48-34(40)25-10-8-7-9-23(25)20-49(43,44)24-13-11-22(2)12-14-24)16-15-31(46-4)37-29(35)18-27(32(37)39)36(41)19-28(45-3)26-17-30(37)38(36,42)33(26)47-5/h7-14,26-33,41-42H,6,15-21H2,1-5H3/t26-,27?,28+,29?,30?,31+,32-,33+,35-,36+,37+,38+/m1/s1. The summed E-state index contributed by atoms with van der Waals surface area (Å²) in [5.74, 6) is -1.87. The predicted molar refractivity (Wildman–Crippen MR) is 179 cm³/mol. The van der Waals surface area contributed by atoms with Crippen molar-refractivity contribution in [2.45, 2.75) is 97.8 Å². The van der Waals surface area contributed by atoms with Crippen LogP contribution in [0.5, 0.6) is 0 Å². The summed E-state index contributed by atoms with van der Waals surface area (Å²) in [7, 11) is 1.29. The van der Waals surface area contributed by atoms with E-state index < -0.39 is 44.1 Å². The summed E-state index contributed by atoms with van der Waals surface area (Å²) in [6.07, 6.45) is 1.59. The maximum atomic E-state index is 14.5. The van der Waals surface area contributed by atoms with E-state index in [4.69, 9.17) is 18.9 Å². The molecule has 2 N–H and O–H groups in total. The lowest BCUT2D eigenvalue weighted by atomic mass is 9.44. The summed E-state index contributed by atoms with van der Waals surface area (Å²) >= 11 is 0. The lowest BCUT2D eigenvalue weighted by Gasteiger charge is -2.70. The average Bonchev–Trinajstić information content (AvgIpc) is 3.51. The number of rotatable bonds is 9. The number of piperidine rings is 1. The van der Waals surface area contributed by atoms with Crippen molar-refractivity contribution in [3.05, 3.63) is 65.2 Å². The summed E-state index contributed by atoms with van der Waals surface area (Å²) in [5, 5.41) is 25.9. The fourth-order valence-electron chi connectivity index (χ4n) is 12.5. The fraction of sp³-hybridized carbons (Fsp3) is 0.658. The number of likely N-dealkylation sites (N-methyl/N-ethyl adjacent to an activating group) is 1. The van der Waals surface area contributed by atoms with E-state index in [1.165, 1.54) is 0 Å². The molecule has 6 fully saturated rings. The first-order valence-corrected chi connectivity index (χ1v) is 19.4. The van der Waals surface area contributed by atoms with Crippen LogP contribution in [-0.2, 0) is 34.5 Å². The molecular weight excluding hydrogens is 646 g/mol. The minimum Gasteiger partial charge on any atom is -0.454 e. The number of aliphatic hydroxyl groups is 2. The molecule has 12 atom stereocenters. The minimum atomic E-state index is -3.74. The summed E-state index contributed by atoms with van der Waals surface area (Å²) < 4.78 is 52.3. The number of esters is 1. The number of sulfone groups is 1. The van der Waals surface area contributed by atoms with E-state index in [9.17, 15) is 23.4 Å². The van der Waals surface area contributed by atoms with Crippen molar-refractivity contribution >= 4 is 15.8 Å². The van der Waals surface area contributed by atoms with Crippen molar-refractivity contribution in [3.8, 4) is 0 Å². The minimum absolute atomic E-state index is 0.0892. The Morgan fingerprint density at radius 1 is 0.980 bits per heavy atom. The Morgan fingerprint density at radius 3 is 2.39 bits per heavy atom. The molecule has 2 aromatic carbocycles. The van der Waals surface area contributed by atoms with Crippen molar-refractivity contribution in [2.75, 3.05) is 34.4 Å². The second-order valence-corrected chi connectivity index (χ2v) is 17.7. The van der Waals surface area contributed by atoms with Gasteiger partial charge in [-0.2, -0.15) is 0 Å². The highest BCUT2D eigenvalue weighted by Crippen LogP contribution is 2.79. The fourth-order valence-corrected chi connectivity index (χ4v) is 13.9. The number of fused-ring (bicyclic) bond motifs is 2. The zero-order valence-corrected chi connectivity index (χ0v) is 29.8. The molecule has 1 saturated heterocycles. The van der Waals surface area contributed by atoms with Gasteiger partial charge >= 0.3 is 5.97 Å². The molecule has 2 aromatic rings. The molecule has 10 nitrogen and oxygen atoms in total. The highest BCUT2D eigenvalue weighted by atomic mass is 32.2. The molecule has 49 heavy (non-hydrogen) atoms. The maximum Gasteiger partial charge on any atom is 0.339 e. The zero-order valence-electron chi connectivity index (χ0n) is 29.0. The van der Waals surface area contributed by atoms with Gasteiger partial charge in [0.1, 0.15) is 16.8 Å². The first kappa shape index (κ1) is 33.7. The van der Waals surface area contributed by atoms with Gasteiger partial charge in [0.25, 0.3) is 0 Å². The molecule has 3 unspecified atom stereocenters. The second kappa shape index (κ2) is 11.3. The molecule has 0 amide bonds. The topological polar surface area (TPSA) is 132 Å². The SMILES string of the molecule is CCN1C[C@]2(OC(=O)c3ccccc3CS(=O)(=O)c3ccc(C)cc3)CC[C@H](OC)[C@@]34C2CC([C@@H]13)[C@@]1(O)C[C@H](OC)[C@H]2CC4[C@]1(O)[C@H]2OC. The number of methoxy groups -OCH3 is 3. The van der Waals surface area contributed by atoms with Gasteiger partial charge in [-0.15, -0.1) is 0 Å². The third-order valence-electron chi connectivity index (χ3n) is 14.1. The van der Waals surface area contributed by atoms with Crippen molar-refractivity contribution in [1.82, 2.24) is 4.90 Å². The van der Waals surface area contributed by atoms with E-state index in [1.54, 1.807) is 69.9 Å². The zero-order chi connectivity index (χ0) is 34.7. The van der Waals surface area contributed by atoms with Crippen LogP contribution < -0.4 is 0 Å². The third-order valence-corrected chi connectivity index (χ3v) is 15.8. The number of nitrogens with zero attached hydrogens (tertiary/aromatic N) is 1. The van der Waals surface area contributed by atoms with Gasteiger partial charge in [0.2, 0.25) is 0 Å². The highest BCUT2D eigenvalue weighted by Gasteiger charge is 2.89. The Kier molecular flexibility index (Phi) is 7.79. The molecule has 0 aromatic heterocycles. The molecule has 0 radical (unpaired) electrons. The van der Waals surface area contributed by atoms with Gasteiger partial charge in [-0.25, -0.2) is 13.2 Å². The Balaban J connectivity index is 1.21. The first-order chi connectivity index (χ1) is 23.4. The normalized spacial score (nSPS) is 43.4. The molecule has 1 aliphatic heterocycles. The average molecular weight is 696 g/mol. The van der Waals surface area contributed by atoms with Crippen LogP contribution >= 0.6 is 0 Å². The van der Waals surface area contributed by atoms with Crippen LogP contribution in [0.1, 0.15) is 60.5 Å². The van der Waals surface area contributed by atoms with Gasteiger partial charge in [0, 0.05) is 69.4 Å². The molecule has 8 rings (SSSR count). The van der Waals surface area contributed by atoms with Crippen molar-refractivity contribution in [3.63, 3.8) is 0 Å². The molecular formula is C38H49NO9S. The summed E-state index contributed by atoms with van der Waals surface area (Å²) in [5.41, 5.74) is -2.95. The Morgan fingerprint density at radius 2 is 1.71 bits per heavy atom. The molecule has 1 heterocycles. The summed E-state index contributed by atoms with van der Waals surface area (Å²) in [6.45, 7) is 5.17. The van der Waals surface area contributed by atoms with Gasteiger partial charge < -0.3 is 29.2 Å². The largest absolute Gasteiger partial charge is 0.454 e. The monoisotopic (exact) mass is 695 g/mol. The number of benzene rings is 2. The summed E-state index contributed by atoms with van der Waals surface area (Å²) in [4.78, 5) is 17.0. The van der Waals surface area contributed by atoms with Crippen molar-refractivity contribution in [1.29, 1.82) is 0 Å². The van der Waals surface area contributed by atoms with Gasteiger partial charge in [-0.1, -0.05) is 42.8 Å². The predicted octanol–water partition coefficient (Wildman–Crippen LogP) is 3.55. The van der Waals surface area contributed by atoms with Gasteiger partial charge in [-0.3, -0.25) is 4.90 Å². The number of carbonyl (C=O) groups excluding carboxylic acids is 1. The highest BCUT2D eigenvalue weighted by molar-refractivity contribution is 7.90. The Bertz CT molecular complexity index is 1750. The molecule has 5 saturated carbocycles. The van der Waals surface area contributed by atoms with Crippen LogP contribution in [0, 0.1) is 36.0 Å². The van der Waals surface area contributed by atoms with Crippen LogP contribution in [0.3, 0.4) is 0 Å². The van der Waals surface area contributed by atoms with Crippen molar-refractivity contribution < 1.29 is 42.4 Å². The van der Waals surface area contributed by atoms with E-state index in [-0.39, 0.29) is 58.1 Å². The van der Waals surface area contributed by atoms with Gasteiger partial charge in [-0.05, 0) is 62.9 Å². The Labute approximate surface area is 289 Å². The van der Waals surface area contributed by atoms with E-state index in [0.717, 1.165) is 5.56 Å². The number of hydrogen-bond donors (Lipinski definition) is 2. The van der Waals surface area contributed by atoms with Gasteiger partial charge in [0.15, 0.2) is 9.84 Å². The van der Waals surface area contributed by atoms with E-state index in [0.29, 0.717) is 50.8 Å². The van der Waals surface area contributed by atoms with Crippen LogP contribution in [-0.4, -0.2) is 105 Å². The Hall–Kier alpha value is -2.38. The van der Waals surface area contributed by atoms with Crippen LogP contribution in [0.2, 0.25) is 0 Å². The number of carbonyl (C=O) groups is 1.